The third-order valence-corrected chi connectivity index (χ3v) is 3.04. The van der Waals surface area contributed by atoms with Crippen LogP contribution in [-0.2, 0) is 6.42 Å². The van der Waals surface area contributed by atoms with Gasteiger partial charge in [0.1, 0.15) is 0 Å². The Kier molecular flexibility index (Phi) is 4.11. The Balaban J connectivity index is 2.36. The maximum Gasteiger partial charge on any atom is 0.274 e. The van der Waals surface area contributed by atoms with E-state index in [1.54, 1.807) is 54.6 Å². The molecule has 92 valence electrons. The Bertz CT molecular complexity index is 558. The molecule has 2 rings (SSSR count). The lowest BCUT2D eigenvalue weighted by molar-refractivity contribution is 0.424. The van der Waals surface area contributed by atoms with Crippen molar-refractivity contribution >= 4 is 17.2 Å². The summed E-state index contributed by atoms with van der Waals surface area (Å²) in [6.45, 7) is 0. The highest BCUT2D eigenvalue weighted by Gasteiger charge is 2.11. The van der Waals surface area contributed by atoms with Crippen LogP contribution in [0.15, 0.2) is 60.7 Å². The molecule has 0 aliphatic carbocycles. The van der Waals surface area contributed by atoms with Gasteiger partial charge in [-0.1, -0.05) is 60.1 Å². The van der Waals surface area contributed by atoms with E-state index in [0.29, 0.717) is 16.1 Å². The maximum atomic E-state index is 13.0. The van der Waals surface area contributed by atoms with Crippen LogP contribution < -0.4 is 0 Å². The summed E-state index contributed by atoms with van der Waals surface area (Å²) in [7, 11) is 0. The highest BCUT2D eigenvalue weighted by Crippen LogP contribution is 2.27. The van der Waals surface area contributed by atoms with Crippen molar-refractivity contribution in [2.24, 2.45) is 0 Å². The predicted molar refractivity (Wildman–Crippen MR) is 70.7 cm³/mol. The van der Waals surface area contributed by atoms with E-state index in [9.17, 15) is 8.78 Å². The lowest BCUT2D eigenvalue weighted by Gasteiger charge is -2.08. The molecule has 0 aliphatic rings. The second-order valence-corrected chi connectivity index (χ2v) is 4.28. The summed E-state index contributed by atoms with van der Waals surface area (Å²) in [5.41, 5.74) is 1.24. The largest absolute Gasteiger partial charge is 0.274 e. The second-order valence-electron chi connectivity index (χ2n) is 3.87. The van der Waals surface area contributed by atoms with Gasteiger partial charge in [0, 0.05) is 17.0 Å². The number of hydrogen-bond acceptors (Lipinski definition) is 0. The third kappa shape index (κ3) is 2.96. The number of halogens is 3. The first-order valence-corrected chi connectivity index (χ1v) is 5.89. The summed E-state index contributed by atoms with van der Waals surface area (Å²) in [6, 6.07) is 15.7. The molecule has 2 aromatic carbocycles. The standard InChI is InChI=1S/C15H11ClF2/c16-14-9-5-4-8-12(14)10-13(15(17)18)11-6-2-1-3-7-11/h1-9H,10H2. The van der Waals surface area contributed by atoms with Crippen LogP contribution in [-0.4, -0.2) is 0 Å². The summed E-state index contributed by atoms with van der Waals surface area (Å²) in [5, 5.41) is 0.507. The van der Waals surface area contributed by atoms with Crippen LogP contribution in [0.2, 0.25) is 5.02 Å². The molecule has 0 radical (unpaired) electrons. The Hall–Kier alpha value is -1.67. The molecular weight excluding hydrogens is 254 g/mol. The fourth-order valence-corrected chi connectivity index (χ4v) is 1.95. The minimum atomic E-state index is -1.67. The van der Waals surface area contributed by atoms with E-state index in [2.05, 4.69) is 0 Å². The molecule has 0 amide bonds. The number of allylic oxidation sites excluding steroid dienone is 1. The molecule has 0 aliphatic heterocycles. The molecule has 0 unspecified atom stereocenters. The van der Waals surface area contributed by atoms with Gasteiger partial charge in [0.05, 0.1) is 0 Å². The molecule has 0 nitrogen and oxygen atoms in total. The zero-order valence-electron chi connectivity index (χ0n) is 9.54. The molecule has 0 aromatic heterocycles. The van der Waals surface area contributed by atoms with E-state index in [-0.39, 0.29) is 12.0 Å². The van der Waals surface area contributed by atoms with E-state index >= 15 is 0 Å². The molecule has 0 saturated heterocycles. The second kappa shape index (κ2) is 5.78. The smallest absolute Gasteiger partial charge is 0.173 e. The maximum absolute atomic E-state index is 13.0. The lowest BCUT2D eigenvalue weighted by atomic mass is 9.99. The summed E-state index contributed by atoms with van der Waals surface area (Å²) >= 11 is 5.99. The number of benzene rings is 2. The van der Waals surface area contributed by atoms with Gasteiger partial charge >= 0.3 is 0 Å². The van der Waals surface area contributed by atoms with Crippen molar-refractivity contribution in [3.05, 3.63) is 76.8 Å². The Morgan fingerprint density at radius 2 is 1.50 bits per heavy atom. The number of rotatable bonds is 3. The van der Waals surface area contributed by atoms with Gasteiger partial charge in [-0.2, -0.15) is 8.78 Å². The lowest BCUT2D eigenvalue weighted by Crippen LogP contribution is -1.93. The first kappa shape index (κ1) is 12.8. The summed E-state index contributed by atoms with van der Waals surface area (Å²) in [5.74, 6) is 0. The minimum Gasteiger partial charge on any atom is -0.173 e. The molecule has 0 fully saturated rings. The molecule has 0 N–H and O–H groups in total. The Morgan fingerprint density at radius 1 is 0.889 bits per heavy atom. The monoisotopic (exact) mass is 264 g/mol. The fraction of sp³-hybridized carbons (Fsp3) is 0.0667. The summed E-state index contributed by atoms with van der Waals surface area (Å²) < 4.78 is 26.1. The van der Waals surface area contributed by atoms with Crippen molar-refractivity contribution in [1.29, 1.82) is 0 Å². The van der Waals surface area contributed by atoms with Gasteiger partial charge < -0.3 is 0 Å². The van der Waals surface area contributed by atoms with Crippen molar-refractivity contribution in [1.82, 2.24) is 0 Å². The molecule has 18 heavy (non-hydrogen) atoms. The van der Waals surface area contributed by atoms with Crippen LogP contribution in [0.25, 0.3) is 5.57 Å². The van der Waals surface area contributed by atoms with Crippen molar-refractivity contribution in [3.8, 4) is 0 Å². The van der Waals surface area contributed by atoms with Gasteiger partial charge in [-0.25, -0.2) is 0 Å². The molecule has 2 aromatic rings. The topological polar surface area (TPSA) is 0 Å². The van der Waals surface area contributed by atoms with Crippen LogP contribution in [0.3, 0.4) is 0 Å². The van der Waals surface area contributed by atoms with Gasteiger partial charge in [-0.15, -0.1) is 0 Å². The highest BCUT2D eigenvalue weighted by molar-refractivity contribution is 6.31. The van der Waals surface area contributed by atoms with E-state index in [4.69, 9.17) is 11.6 Å². The molecule has 0 bridgehead atoms. The molecule has 0 heterocycles. The van der Waals surface area contributed by atoms with Crippen LogP contribution in [0, 0.1) is 0 Å². The highest BCUT2D eigenvalue weighted by atomic mass is 35.5. The first-order valence-electron chi connectivity index (χ1n) is 5.51. The quantitative estimate of drug-likeness (QED) is 0.716. The van der Waals surface area contributed by atoms with Gasteiger partial charge in [0.2, 0.25) is 0 Å². The zero-order valence-corrected chi connectivity index (χ0v) is 10.3. The SMILES string of the molecule is FC(F)=C(Cc1ccccc1Cl)c1ccccc1. The third-order valence-electron chi connectivity index (χ3n) is 2.68. The van der Waals surface area contributed by atoms with Gasteiger partial charge in [-0.05, 0) is 17.2 Å². The normalized spacial score (nSPS) is 10.2. The van der Waals surface area contributed by atoms with Gasteiger partial charge in [0.25, 0.3) is 6.08 Å². The van der Waals surface area contributed by atoms with Crippen molar-refractivity contribution < 1.29 is 8.78 Å². The van der Waals surface area contributed by atoms with Crippen molar-refractivity contribution in [3.63, 3.8) is 0 Å². The molecular formula is C15H11ClF2. The van der Waals surface area contributed by atoms with E-state index in [1.807, 2.05) is 0 Å². The van der Waals surface area contributed by atoms with Gasteiger partial charge in [-0.3, -0.25) is 0 Å². The van der Waals surface area contributed by atoms with Crippen molar-refractivity contribution in [2.75, 3.05) is 0 Å². The average Bonchev–Trinajstić information content (AvgIpc) is 2.38. The molecule has 0 saturated carbocycles. The Labute approximate surface area is 110 Å². The summed E-state index contributed by atoms with van der Waals surface area (Å²) in [4.78, 5) is 0. The van der Waals surface area contributed by atoms with E-state index in [0.717, 1.165) is 0 Å². The molecule has 3 heteroatoms. The minimum absolute atomic E-state index is 0.0173. The van der Waals surface area contributed by atoms with Gasteiger partial charge in [0.15, 0.2) is 0 Å². The summed E-state index contributed by atoms with van der Waals surface area (Å²) in [6.07, 6.45) is -1.53. The van der Waals surface area contributed by atoms with Crippen LogP contribution in [0.5, 0.6) is 0 Å². The first-order chi connectivity index (χ1) is 8.68. The van der Waals surface area contributed by atoms with E-state index < -0.39 is 6.08 Å². The Morgan fingerprint density at radius 3 is 2.11 bits per heavy atom. The van der Waals surface area contributed by atoms with Crippen LogP contribution >= 0.6 is 11.6 Å². The predicted octanol–water partition coefficient (Wildman–Crippen LogP) is 5.19. The fourth-order valence-electron chi connectivity index (χ4n) is 1.75. The van der Waals surface area contributed by atoms with E-state index in [1.165, 1.54) is 0 Å². The molecule has 0 atom stereocenters. The average molecular weight is 265 g/mol. The number of hydrogen-bond donors (Lipinski definition) is 0. The molecule has 0 spiro atoms. The van der Waals surface area contributed by atoms with Crippen LogP contribution in [0.4, 0.5) is 8.78 Å². The van der Waals surface area contributed by atoms with Crippen molar-refractivity contribution in [2.45, 2.75) is 6.42 Å². The van der Waals surface area contributed by atoms with Crippen LogP contribution in [0.1, 0.15) is 11.1 Å². The zero-order chi connectivity index (χ0) is 13.0.